The average Bonchev–Trinajstić information content (AvgIpc) is 2.28. The summed E-state index contributed by atoms with van der Waals surface area (Å²) in [6, 6.07) is 5.61. The first-order valence-electron chi connectivity index (χ1n) is 5.22. The van der Waals surface area contributed by atoms with Gasteiger partial charge in [0.25, 0.3) is 10.1 Å². The third kappa shape index (κ3) is 4.16. The lowest BCUT2D eigenvalue weighted by Gasteiger charge is -2.04. The fraction of sp³-hybridized carbons (Fsp3) is 0.364. The molecule has 0 bridgehead atoms. The number of carbonyl (C=O) groups is 1. The van der Waals surface area contributed by atoms with Crippen molar-refractivity contribution in [3.05, 3.63) is 24.3 Å². The predicted octanol–water partition coefficient (Wildman–Crippen LogP) is 1.34. The van der Waals surface area contributed by atoms with E-state index in [0.717, 1.165) is 0 Å². The van der Waals surface area contributed by atoms with Crippen LogP contribution in [0.15, 0.2) is 29.2 Å². The van der Waals surface area contributed by atoms with E-state index < -0.39 is 16.7 Å². The van der Waals surface area contributed by atoms with E-state index >= 15 is 0 Å². The Kier molecular flexibility index (Phi) is 4.65. The Morgan fingerprint density at radius 1 is 1.29 bits per heavy atom. The quantitative estimate of drug-likeness (QED) is 0.614. The molecule has 1 aromatic rings. The van der Waals surface area contributed by atoms with E-state index in [1.54, 1.807) is 0 Å². The van der Waals surface area contributed by atoms with Crippen molar-refractivity contribution in [3.63, 3.8) is 0 Å². The van der Waals surface area contributed by atoms with Crippen molar-refractivity contribution in [2.45, 2.75) is 24.7 Å². The minimum atomic E-state index is -3.87. The molecule has 0 heterocycles. The molecule has 0 aliphatic carbocycles. The van der Waals surface area contributed by atoms with Crippen LogP contribution in [0.1, 0.15) is 19.8 Å². The molecule has 2 N–H and O–H groups in total. The number of benzene rings is 1. The molecule has 0 saturated heterocycles. The van der Waals surface area contributed by atoms with Crippen LogP contribution < -0.4 is 5.73 Å². The Morgan fingerprint density at radius 2 is 1.88 bits per heavy atom. The molecule has 0 atom stereocenters. The number of Topliss-reactive ketones (excluding diaryl/α,β-unsaturated/α-hetero) is 1. The van der Waals surface area contributed by atoms with Crippen LogP contribution in [-0.2, 0) is 19.1 Å². The Labute approximate surface area is 101 Å². The minimum Gasteiger partial charge on any atom is -0.399 e. The van der Waals surface area contributed by atoms with E-state index in [0.29, 0.717) is 18.5 Å². The first-order valence-corrected chi connectivity index (χ1v) is 6.63. The van der Waals surface area contributed by atoms with Crippen molar-refractivity contribution < 1.29 is 17.4 Å². The summed E-state index contributed by atoms with van der Waals surface area (Å²) in [7, 11) is -3.87. The van der Waals surface area contributed by atoms with Crippen LogP contribution in [0.5, 0.6) is 0 Å². The zero-order valence-electron chi connectivity index (χ0n) is 9.55. The lowest BCUT2D eigenvalue weighted by Crippen LogP contribution is -2.14. The SMILES string of the molecule is CCCC(=O)COS(=O)(=O)c1ccc(N)cc1. The Hall–Kier alpha value is -1.40. The summed E-state index contributed by atoms with van der Waals surface area (Å²) in [6.07, 6.45) is 0.987. The van der Waals surface area contributed by atoms with Gasteiger partial charge < -0.3 is 5.73 Å². The van der Waals surface area contributed by atoms with Gasteiger partial charge in [0.1, 0.15) is 6.61 Å². The van der Waals surface area contributed by atoms with Crippen LogP contribution in [0.25, 0.3) is 0 Å². The molecule has 1 rings (SSSR count). The van der Waals surface area contributed by atoms with Crippen molar-refractivity contribution in [1.82, 2.24) is 0 Å². The van der Waals surface area contributed by atoms with Gasteiger partial charge in [0.15, 0.2) is 5.78 Å². The summed E-state index contributed by atoms with van der Waals surface area (Å²) in [5, 5.41) is 0. The van der Waals surface area contributed by atoms with Crippen molar-refractivity contribution in [3.8, 4) is 0 Å². The fourth-order valence-electron chi connectivity index (χ4n) is 1.20. The summed E-state index contributed by atoms with van der Waals surface area (Å²) in [5.41, 5.74) is 5.91. The zero-order valence-corrected chi connectivity index (χ0v) is 10.4. The van der Waals surface area contributed by atoms with Gasteiger partial charge in [-0.1, -0.05) is 6.92 Å². The van der Waals surface area contributed by atoms with Gasteiger partial charge in [-0.05, 0) is 30.7 Å². The molecule has 6 heteroatoms. The molecule has 0 aromatic heterocycles. The van der Waals surface area contributed by atoms with Gasteiger partial charge in [0.2, 0.25) is 0 Å². The summed E-state index contributed by atoms with van der Waals surface area (Å²) in [6.45, 7) is 1.42. The molecule has 0 aliphatic rings. The number of nitrogens with two attached hydrogens (primary N) is 1. The van der Waals surface area contributed by atoms with E-state index in [1.165, 1.54) is 24.3 Å². The first kappa shape index (κ1) is 13.7. The monoisotopic (exact) mass is 257 g/mol. The molecule has 5 nitrogen and oxygen atoms in total. The van der Waals surface area contributed by atoms with E-state index in [1.807, 2.05) is 6.92 Å². The summed E-state index contributed by atoms with van der Waals surface area (Å²) < 4.78 is 27.9. The second-order valence-corrected chi connectivity index (χ2v) is 5.19. The summed E-state index contributed by atoms with van der Waals surface area (Å²) in [5.74, 6) is -0.230. The highest BCUT2D eigenvalue weighted by Crippen LogP contribution is 2.14. The molecule has 0 fully saturated rings. The van der Waals surface area contributed by atoms with Gasteiger partial charge in [-0.25, -0.2) is 0 Å². The summed E-state index contributed by atoms with van der Waals surface area (Å²) >= 11 is 0. The third-order valence-corrected chi connectivity index (χ3v) is 3.35. The lowest BCUT2D eigenvalue weighted by molar-refractivity contribution is -0.121. The van der Waals surface area contributed by atoms with E-state index in [2.05, 4.69) is 4.18 Å². The fourth-order valence-corrected chi connectivity index (χ4v) is 2.09. The smallest absolute Gasteiger partial charge is 0.297 e. The Morgan fingerprint density at radius 3 is 2.41 bits per heavy atom. The first-order chi connectivity index (χ1) is 7.95. The molecule has 0 amide bonds. The highest BCUT2D eigenvalue weighted by atomic mass is 32.2. The molecule has 17 heavy (non-hydrogen) atoms. The molecular formula is C11H15NO4S. The second-order valence-electron chi connectivity index (χ2n) is 3.57. The number of nitrogen functional groups attached to an aromatic ring is 1. The molecule has 0 spiro atoms. The maximum atomic E-state index is 11.6. The number of carbonyl (C=O) groups excluding carboxylic acids is 1. The normalized spacial score (nSPS) is 11.4. The largest absolute Gasteiger partial charge is 0.399 e. The van der Waals surface area contributed by atoms with E-state index in [4.69, 9.17) is 5.73 Å². The lowest BCUT2D eigenvalue weighted by atomic mass is 10.2. The van der Waals surface area contributed by atoms with Crippen LogP contribution in [-0.4, -0.2) is 20.8 Å². The van der Waals surface area contributed by atoms with Crippen LogP contribution in [0, 0.1) is 0 Å². The maximum Gasteiger partial charge on any atom is 0.297 e. The van der Waals surface area contributed by atoms with Gasteiger partial charge in [-0.15, -0.1) is 0 Å². The van der Waals surface area contributed by atoms with Gasteiger partial charge in [0, 0.05) is 12.1 Å². The molecule has 94 valence electrons. The number of ketones is 1. The summed E-state index contributed by atoms with van der Waals surface area (Å²) in [4.78, 5) is 11.2. The second kappa shape index (κ2) is 5.79. The zero-order chi connectivity index (χ0) is 12.9. The number of anilines is 1. The van der Waals surface area contributed by atoms with Crippen LogP contribution in [0.4, 0.5) is 5.69 Å². The van der Waals surface area contributed by atoms with Crippen molar-refractivity contribution in [2.24, 2.45) is 0 Å². The third-order valence-electron chi connectivity index (χ3n) is 2.07. The van der Waals surface area contributed by atoms with Crippen molar-refractivity contribution >= 4 is 21.6 Å². The maximum absolute atomic E-state index is 11.6. The van der Waals surface area contributed by atoms with Crippen molar-refractivity contribution in [1.29, 1.82) is 0 Å². The molecule has 0 unspecified atom stereocenters. The molecule has 0 radical (unpaired) electrons. The van der Waals surface area contributed by atoms with Gasteiger partial charge in [-0.3, -0.25) is 8.98 Å². The van der Waals surface area contributed by atoms with Gasteiger partial charge in [-0.2, -0.15) is 8.42 Å². The van der Waals surface area contributed by atoms with E-state index in [-0.39, 0.29) is 10.7 Å². The van der Waals surface area contributed by atoms with Crippen LogP contribution >= 0.6 is 0 Å². The van der Waals surface area contributed by atoms with Gasteiger partial charge >= 0.3 is 0 Å². The Bertz CT molecular complexity index is 479. The minimum absolute atomic E-state index is 0.00371. The van der Waals surface area contributed by atoms with Crippen LogP contribution in [0.2, 0.25) is 0 Å². The highest BCUT2D eigenvalue weighted by Gasteiger charge is 2.16. The Balaban J connectivity index is 2.69. The van der Waals surface area contributed by atoms with Crippen molar-refractivity contribution in [2.75, 3.05) is 12.3 Å². The molecule has 1 aromatic carbocycles. The molecular weight excluding hydrogens is 242 g/mol. The number of hydrogen-bond acceptors (Lipinski definition) is 5. The predicted molar refractivity (Wildman–Crippen MR) is 63.9 cm³/mol. The highest BCUT2D eigenvalue weighted by molar-refractivity contribution is 7.86. The number of hydrogen-bond donors (Lipinski definition) is 1. The number of rotatable bonds is 6. The van der Waals surface area contributed by atoms with Crippen LogP contribution in [0.3, 0.4) is 0 Å². The average molecular weight is 257 g/mol. The standard InChI is InChI=1S/C11H15NO4S/c1-2-3-10(13)8-16-17(14,15)11-6-4-9(12)5-7-11/h4-7H,2-3,8,12H2,1H3. The van der Waals surface area contributed by atoms with Gasteiger partial charge in [0.05, 0.1) is 4.90 Å². The topological polar surface area (TPSA) is 86.5 Å². The van der Waals surface area contributed by atoms with E-state index in [9.17, 15) is 13.2 Å². The molecule has 0 saturated carbocycles. The molecule has 0 aliphatic heterocycles.